The maximum Gasteiger partial charge on any atom is 0.269 e. The molecule has 1 aromatic carbocycles. The molecular weight excluding hydrogens is 280 g/mol. The molecule has 1 amide bonds. The van der Waals surface area contributed by atoms with E-state index in [1.165, 1.54) is 11.3 Å². The van der Waals surface area contributed by atoms with E-state index in [-0.39, 0.29) is 5.91 Å². The molecule has 1 heterocycles. The third-order valence-corrected chi connectivity index (χ3v) is 4.57. The third-order valence-electron chi connectivity index (χ3n) is 2.88. The number of amides is 1. The van der Waals surface area contributed by atoms with Crippen molar-refractivity contribution in [3.8, 4) is 0 Å². The maximum absolute atomic E-state index is 12.6. The van der Waals surface area contributed by atoms with Gasteiger partial charge in [0.05, 0.1) is 16.4 Å². The van der Waals surface area contributed by atoms with Gasteiger partial charge in [-0.05, 0) is 36.9 Å². The molecule has 2 aromatic rings. The number of nitrogens with zero attached hydrogens (tertiary/aromatic N) is 1. The SMILES string of the molecule is CCN(C(=O)c1scc(C)c1Cl)c1ccccc1N. The lowest BCUT2D eigenvalue weighted by atomic mass is 10.2. The van der Waals surface area contributed by atoms with E-state index in [1.54, 1.807) is 11.0 Å². The fraction of sp³-hybridized carbons (Fsp3) is 0.214. The zero-order chi connectivity index (χ0) is 14.0. The fourth-order valence-electron chi connectivity index (χ4n) is 1.85. The Balaban J connectivity index is 2.41. The summed E-state index contributed by atoms with van der Waals surface area (Å²) in [5, 5.41) is 2.42. The number of hydrogen-bond donors (Lipinski definition) is 1. The number of benzene rings is 1. The third kappa shape index (κ3) is 2.60. The molecule has 0 atom stereocenters. The normalized spacial score (nSPS) is 10.5. The van der Waals surface area contributed by atoms with Crippen LogP contribution in [0.5, 0.6) is 0 Å². The van der Waals surface area contributed by atoms with Gasteiger partial charge in [-0.25, -0.2) is 0 Å². The highest BCUT2D eigenvalue weighted by molar-refractivity contribution is 7.13. The standard InChI is InChI=1S/C14H15ClN2OS/c1-3-17(11-7-5-4-6-10(11)16)14(18)13-12(15)9(2)8-19-13/h4-8H,3,16H2,1-2H3. The number of rotatable bonds is 3. The molecule has 0 aliphatic heterocycles. The van der Waals surface area contributed by atoms with Crippen molar-refractivity contribution in [1.82, 2.24) is 0 Å². The van der Waals surface area contributed by atoms with E-state index in [0.717, 1.165) is 11.3 Å². The summed E-state index contributed by atoms with van der Waals surface area (Å²) < 4.78 is 0. The Hall–Kier alpha value is -1.52. The van der Waals surface area contributed by atoms with Gasteiger partial charge in [-0.3, -0.25) is 4.79 Å². The molecule has 2 rings (SSSR count). The van der Waals surface area contributed by atoms with Crippen LogP contribution in [0.2, 0.25) is 5.02 Å². The van der Waals surface area contributed by atoms with Gasteiger partial charge < -0.3 is 10.6 Å². The molecule has 19 heavy (non-hydrogen) atoms. The van der Waals surface area contributed by atoms with Gasteiger partial charge in [0.25, 0.3) is 5.91 Å². The van der Waals surface area contributed by atoms with Gasteiger partial charge >= 0.3 is 0 Å². The number of nitrogens with two attached hydrogens (primary N) is 1. The molecule has 0 unspecified atom stereocenters. The highest BCUT2D eigenvalue weighted by Gasteiger charge is 2.22. The van der Waals surface area contributed by atoms with E-state index in [0.29, 0.717) is 22.1 Å². The Labute approximate surface area is 121 Å². The van der Waals surface area contributed by atoms with Gasteiger partial charge in [-0.15, -0.1) is 11.3 Å². The number of thiophene rings is 1. The smallest absolute Gasteiger partial charge is 0.269 e. The van der Waals surface area contributed by atoms with Crippen molar-refractivity contribution in [3.63, 3.8) is 0 Å². The molecule has 0 fully saturated rings. The predicted molar refractivity (Wildman–Crippen MR) is 82.3 cm³/mol. The lowest BCUT2D eigenvalue weighted by Gasteiger charge is -2.22. The summed E-state index contributed by atoms with van der Waals surface area (Å²) in [5.41, 5.74) is 8.16. The minimum Gasteiger partial charge on any atom is -0.397 e. The zero-order valence-electron chi connectivity index (χ0n) is 10.8. The Morgan fingerprint density at radius 3 is 2.63 bits per heavy atom. The van der Waals surface area contributed by atoms with E-state index in [9.17, 15) is 4.79 Å². The summed E-state index contributed by atoms with van der Waals surface area (Å²) >= 11 is 7.53. The topological polar surface area (TPSA) is 46.3 Å². The van der Waals surface area contributed by atoms with Crippen molar-refractivity contribution >= 4 is 40.2 Å². The van der Waals surface area contributed by atoms with Crippen LogP contribution < -0.4 is 10.6 Å². The summed E-state index contributed by atoms with van der Waals surface area (Å²) in [6.07, 6.45) is 0. The second-order valence-corrected chi connectivity index (χ2v) is 5.43. The number of carbonyl (C=O) groups is 1. The van der Waals surface area contributed by atoms with E-state index in [1.807, 2.05) is 37.4 Å². The van der Waals surface area contributed by atoms with E-state index in [4.69, 9.17) is 17.3 Å². The lowest BCUT2D eigenvalue weighted by molar-refractivity contribution is 0.0992. The van der Waals surface area contributed by atoms with E-state index in [2.05, 4.69) is 0 Å². The van der Waals surface area contributed by atoms with Crippen molar-refractivity contribution in [2.24, 2.45) is 0 Å². The number of nitrogen functional groups attached to an aromatic ring is 1. The van der Waals surface area contributed by atoms with Crippen LogP contribution >= 0.6 is 22.9 Å². The van der Waals surface area contributed by atoms with Gasteiger partial charge in [-0.1, -0.05) is 23.7 Å². The fourth-order valence-corrected chi connectivity index (χ4v) is 3.08. The van der Waals surface area contributed by atoms with Crippen molar-refractivity contribution < 1.29 is 4.79 Å². The number of aryl methyl sites for hydroxylation is 1. The molecule has 0 aliphatic carbocycles. The Morgan fingerprint density at radius 2 is 2.11 bits per heavy atom. The summed E-state index contributed by atoms with van der Waals surface area (Å²) in [5.74, 6) is -0.108. The molecule has 0 saturated heterocycles. The first-order chi connectivity index (χ1) is 9.06. The summed E-state index contributed by atoms with van der Waals surface area (Å²) in [7, 11) is 0. The molecular formula is C14H15ClN2OS. The molecule has 2 N–H and O–H groups in total. The van der Waals surface area contributed by atoms with Crippen LogP contribution in [0.1, 0.15) is 22.2 Å². The van der Waals surface area contributed by atoms with Crippen LogP contribution in [-0.4, -0.2) is 12.5 Å². The molecule has 0 radical (unpaired) electrons. The number of para-hydroxylation sites is 2. The number of hydrogen-bond acceptors (Lipinski definition) is 3. The second kappa shape index (κ2) is 5.63. The Bertz CT molecular complexity index is 609. The van der Waals surface area contributed by atoms with Crippen LogP contribution in [0.25, 0.3) is 0 Å². The monoisotopic (exact) mass is 294 g/mol. The molecule has 0 spiro atoms. The largest absolute Gasteiger partial charge is 0.397 e. The summed E-state index contributed by atoms with van der Waals surface area (Å²) in [6, 6.07) is 7.33. The zero-order valence-corrected chi connectivity index (χ0v) is 12.4. The van der Waals surface area contributed by atoms with E-state index < -0.39 is 0 Å². The van der Waals surface area contributed by atoms with Gasteiger partial charge in [0.15, 0.2) is 0 Å². The molecule has 1 aromatic heterocycles. The van der Waals surface area contributed by atoms with Crippen molar-refractivity contribution in [2.45, 2.75) is 13.8 Å². The van der Waals surface area contributed by atoms with E-state index >= 15 is 0 Å². The quantitative estimate of drug-likeness (QED) is 0.871. The first-order valence-electron chi connectivity index (χ1n) is 5.96. The molecule has 3 nitrogen and oxygen atoms in total. The molecule has 0 bridgehead atoms. The van der Waals surface area contributed by atoms with Crippen LogP contribution in [-0.2, 0) is 0 Å². The minimum absolute atomic E-state index is 0.108. The highest BCUT2D eigenvalue weighted by atomic mass is 35.5. The van der Waals surface area contributed by atoms with Crippen molar-refractivity contribution in [2.75, 3.05) is 17.2 Å². The second-order valence-electron chi connectivity index (χ2n) is 4.17. The van der Waals surface area contributed by atoms with Crippen LogP contribution in [0, 0.1) is 6.92 Å². The molecule has 0 saturated carbocycles. The van der Waals surface area contributed by atoms with Crippen LogP contribution in [0.3, 0.4) is 0 Å². The van der Waals surface area contributed by atoms with Crippen LogP contribution in [0.15, 0.2) is 29.6 Å². The number of carbonyl (C=O) groups excluding carboxylic acids is 1. The lowest BCUT2D eigenvalue weighted by Crippen LogP contribution is -2.30. The molecule has 0 aliphatic rings. The number of halogens is 1. The Kier molecular flexibility index (Phi) is 4.12. The average Bonchev–Trinajstić information content (AvgIpc) is 2.73. The number of anilines is 2. The molecule has 5 heteroatoms. The van der Waals surface area contributed by atoms with Crippen molar-refractivity contribution in [1.29, 1.82) is 0 Å². The van der Waals surface area contributed by atoms with Gasteiger partial charge in [0.1, 0.15) is 4.88 Å². The first-order valence-corrected chi connectivity index (χ1v) is 7.22. The van der Waals surface area contributed by atoms with Crippen LogP contribution in [0.4, 0.5) is 11.4 Å². The first kappa shape index (κ1) is 13.9. The van der Waals surface area contributed by atoms with Gasteiger partial charge in [0, 0.05) is 6.54 Å². The summed E-state index contributed by atoms with van der Waals surface area (Å²) in [4.78, 5) is 14.8. The maximum atomic E-state index is 12.6. The minimum atomic E-state index is -0.108. The predicted octanol–water partition coefficient (Wildman–Crippen LogP) is 3.96. The van der Waals surface area contributed by atoms with Gasteiger partial charge in [0.2, 0.25) is 0 Å². The highest BCUT2D eigenvalue weighted by Crippen LogP contribution is 2.31. The summed E-state index contributed by atoms with van der Waals surface area (Å²) in [6.45, 7) is 4.35. The Morgan fingerprint density at radius 1 is 1.42 bits per heavy atom. The molecule has 100 valence electrons. The van der Waals surface area contributed by atoms with Gasteiger partial charge in [-0.2, -0.15) is 0 Å². The average molecular weight is 295 g/mol. The van der Waals surface area contributed by atoms with Crippen molar-refractivity contribution in [3.05, 3.63) is 45.1 Å².